The lowest BCUT2D eigenvalue weighted by atomic mass is 9.77. The Morgan fingerprint density at radius 1 is 0.686 bits per heavy atom. The number of anilines is 3. The Labute approximate surface area is 209 Å². The molecule has 0 aliphatic carbocycles. The molecule has 0 spiro atoms. The standard InChI is InChI=1S/C30H37N3O2/c1-7-32(8-2)27-17-13-11-15-25(27)30(26-16-12-14-18-28(26)33(9-3)10-4)24-20-19-22(31(5)6)21-23(24)29(34)35-30/h11-21H,7-10H2,1-6H3. The largest absolute Gasteiger partial charge is 0.440 e. The number of fused-ring (bicyclic) bond motifs is 1. The molecule has 0 saturated carbocycles. The molecule has 0 saturated heterocycles. The molecule has 4 rings (SSSR count). The van der Waals surface area contributed by atoms with Crippen LogP contribution in [-0.2, 0) is 10.3 Å². The average Bonchev–Trinajstić information content (AvgIpc) is 3.18. The second-order valence-electron chi connectivity index (χ2n) is 9.07. The molecule has 5 nitrogen and oxygen atoms in total. The Morgan fingerprint density at radius 2 is 1.17 bits per heavy atom. The van der Waals surface area contributed by atoms with E-state index in [9.17, 15) is 4.79 Å². The van der Waals surface area contributed by atoms with Crippen molar-refractivity contribution < 1.29 is 9.53 Å². The Hall–Kier alpha value is -3.47. The number of cyclic esters (lactones) is 1. The van der Waals surface area contributed by atoms with E-state index in [-0.39, 0.29) is 5.97 Å². The first-order chi connectivity index (χ1) is 16.9. The summed E-state index contributed by atoms with van der Waals surface area (Å²) in [6.07, 6.45) is 0. The third-order valence-corrected chi connectivity index (χ3v) is 7.14. The Bertz CT molecular complexity index is 1140. The maximum absolute atomic E-state index is 13.6. The van der Waals surface area contributed by atoms with Gasteiger partial charge in [0.15, 0.2) is 5.60 Å². The van der Waals surface area contributed by atoms with Crippen molar-refractivity contribution in [3.8, 4) is 0 Å². The molecule has 1 aliphatic rings. The van der Waals surface area contributed by atoms with Crippen LogP contribution in [0.4, 0.5) is 17.1 Å². The van der Waals surface area contributed by atoms with Crippen LogP contribution < -0.4 is 14.7 Å². The van der Waals surface area contributed by atoms with E-state index in [1.54, 1.807) is 0 Å². The highest BCUT2D eigenvalue weighted by Gasteiger charge is 2.51. The summed E-state index contributed by atoms with van der Waals surface area (Å²) >= 11 is 0. The highest BCUT2D eigenvalue weighted by Crippen LogP contribution is 2.52. The van der Waals surface area contributed by atoms with Gasteiger partial charge in [-0.15, -0.1) is 0 Å². The van der Waals surface area contributed by atoms with Gasteiger partial charge in [-0.05, 0) is 52.0 Å². The molecule has 0 N–H and O–H groups in total. The van der Waals surface area contributed by atoms with E-state index in [1.807, 2.05) is 37.2 Å². The summed E-state index contributed by atoms with van der Waals surface area (Å²) in [6.45, 7) is 12.1. The number of carbonyl (C=O) groups excluding carboxylic acids is 1. The molecule has 0 fully saturated rings. The summed E-state index contributed by atoms with van der Waals surface area (Å²) < 4.78 is 6.58. The molecule has 3 aromatic rings. The topological polar surface area (TPSA) is 36.0 Å². The third kappa shape index (κ3) is 4.03. The van der Waals surface area contributed by atoms with Gasteiger partial charge in [-0.3, -0.25) is 0 Å². The van der Waals surface area contributed by atoms with Crippen LogP contribution in [0.2, 0.25) is 0 Å². The van der Waals surface area contributed by atoms with Crippen LogP contribution in [0.1, 0.15) is 54.7 Å². The van der Waals surface area contributed by atoms with E-state index < -0.39 is 5.60 Å². The lowest BCUT2D eigenvalue weighted by Gasteiger charge is -2.37. The van der Waals surface area contributed by atoms with Crippen LogP contribution in [0, 0.1) is 0 Å². The SMILES string of the molecule is CCN(CC)c1ccccc1C1(c2ccccc2N(CC)CC)OC(=O)c2cc(N(C)C)ccc21. The van der Waals surface area contributed by atoms with E-state index in [0.717, 1.165) is 59.9 Å². The van der Waals surface area contributed by atoms with Gasteiger partial charge in [0.05, 0.1) is 5.56 Å². The first-order valence-corrected chi connectivity index (χ1v) is 12.7. The summed E-state index contributed by atoms with van der Waals surface area (Å²) in [4.78, 5) is 20.3. The number of para-hydroxylation sites is 2. The fraction of sp³-hybridized carbons (Fsp3) is 0.367. The maximum atomic E-state index is 13.6. The zero-order chi connectivity index (χ0) is 25.2. The van der Waals surface area contributed by atoms with E-state index in [0.29, 0.717) is 5.56 Å². The fourth-order valence-electron chi connectivity index (χ4n) is 5.30. The molecule has 0 atom stereocenters. The molecule has 1 heterocycles. The summed E-state index contributed by atoms with van der Waals surface area (Å²) in [7, 11) is 3.97. The number of hydrogen-bond donors (Lipinski definition) is 0. The van der Waals surface area contributed by atoms with Gasteiger partial charge in [-0.2, -0.15) is 0 Å². The molecule has 3 aromatic carbocycles. The third-order valence-electron chi connectivity index (χ3n) is 7.14. The minimum Gasteiger partial charge on any atom is -0.440 e. The Balaban J connectivity index is 2.11. The molecular formula is C30H37N3O2. The van der Waals surface area contributed by atoms with Gasteiger partial charge in [-0.1, -0.05) is 42.5 Å². The number of ether oxygens (including phenoxy) is 1. The minimum atomic E-state index is -1.05. The maximum Gasteiger partial charge on any atom is 0.340 e. The second kappa shape index (κ2) is 10.0. The quantitative estimate of drug-likeness (QED) is 0.363. The summed E-state index contributed by atoms with van der Waals surface area (Å²) in [5.74, 6) is -0.285. The Morgan fingerprint density at radius 3 is 1.63 bits per heavy atom. The molecule has 0 amide bonds. The molecule has 184 valence electrons. The van der Waals surface area contributed by atoms with Crippen molar-refractivity contribution in [3.05, 3.63) is 89.0 Å². The van der Waals surface area contributed by atoms with Crippen molar-refractivity contribution in [1.29, 1.82) is 0 Å². The lowest BCUT2D eigenvalue weighted by molar-refractivity contribution is 0.0254. The molecule has 35 heavy (non-hydrogen) atoms. The van der Waals surface area contributed by atoms with E-state index in [4.69, 9.17) is 4.74 Å². The molecule has 0 aromatic heterocycles. The molecular weight excluding hydrogens is 434 g/mol. The first-order valence-electron chi connectivity index (χ1n) is 12.7. The summed E-state index contributed by atoms with van der Waals surface area (Å²) in [5, 5.41) is 0. The van der Waals surface area contributed by atoms with Gasteiger partial charge in [0.1, 0.15) is 0 Å². The van der Waals surface area contributed by atoms with E-state index >= 15 is 0 Å². The zero-order valence-corrected chi connectivity index (χ0v) is 21.8. The monoisotopic (exact) mass is 471 g/mol. The smallest absolute Gasteiger partial charge is 0.340 e. The van der Waals surface area contributed by atoms with Gasteiger partial charge in [0.25, 0.3) is 0 Å². The number of rotatable bonds is 9. The second-order valence-corrected chi connectivity index (χ2v) is 9.07. The molecule has 0 bridgehead atoms. The molecule has 5 heteroatoms. The zero-order valence-electron chi connectivity index (χ0n) is 21.8. The minimum absolute atomic E-state index is 0.285. The van der Waals surface area contributed by atoms with Gasteiger partial charge in [0, 0.05) is 74.0 Å². The predicted octanol–water partition coefficient (Wildman–Crippen LogP) is 5.91. The van der Waals surface area contributed by atoms with Gasteiger partial charge in [0.2, 0.25) is 0 Å². The summed E-state index contributed by atoms with van der Waals surface area (Å²) in [6, 6.07) is 22.9. The van der Waals surface area contributed by atoms with Crippen molar-refractivity contribution in [3.63, 3.8) is 0 Å². The van der Waals surface area contributed by atoms with Crippen molar-refractivity contribution in [2.45, 2.75) is 33.3 Å². The molecule has 0 radical (unpaired) electrons. The Kier molecular flexibility index (Phi) is 7.06. The predicted molar refractivity (Wildman–Crippen MR) is 146 cm³/mol. The van der Waals surface area contributed by atoms with E-state index in [2.05, 4.69) is 86.0 Å². The van der Waals surface area contributed by atoms with Gasteiger partial charge < -0.3 is 19.4 Å². The van der Waals surface area contributed by atoms with E-state index in [1.165, 1.54) is 0 Å². The number of nitrogens with zero attached hydrogens (tertiary/aromatic N) is 3. The average molecular weight is 472 g/mol. The van der Waals surface area contributed by atoms with Crippen LogP contribution in [0.25, 0.3) is 0 Å². The van der Waals surface area contributed by atoms with Crippen molar-refractivity contribution in [2.75, 3.05) is 55.0 Å². The van der Waals surface area contributed by atoms with Crippen LogP contribution in [0.5, 0.6) is 0 Å². The van der Waals surface area contributed by atoms with Crippen molar-refractivity contribution in [2.24, 2.45) is 0 Å². The summed E-state index contributed by atoms with van der Waals surface area (Å²) in [5.41, 5.74) is 5.61. The van der Waals surface area contributed by atoms with Crippen molar-refractivity contribution >= 4 is 23.0 Å². The number of benzene rings is 3. The van der Waals surface area contributed by atoms with Crippen LogP contribution in [0.15, 0.2) is 66.7 Å². The highest BCUT2D eigenvalue weighted by atomic mass is 16.6. The van der Waals surface area contributed by atoms with Crippen LogP contribution >= 0.6 is 0 Å². The van der Waals surface area contributed by atoms with Crippen LogP contribution in [-0.4, -0.2) is 46.2 Å². The number of esters is 1. The first kappa shape index (κ1) is 24.6. The fourth-order valence-corrected chi connectivity index (χ4v) is 5.30. The van der Waals surface area contributed by atoms with Gasteiger partial charge >= 0.3 is 5.97 Å². The molecule has 0 unspecified atom stereocenters. The molecule has 1 aliphatic heterocycles. The van der Waals surface area contributed by atoms with Crippen molar-refractivity contribution in [1.82, 2.24) is 0 Å². The number of carbonyl (C=O) groups is 1. The highest BCUT2D eigenvalue weighted by molar-refractivity contribution is 5.98. The van der Waals surface area contributed by atoms with Crippen LogP contribution in [0.3, 0.4) is 0 Å². The lowest BCUT2D eigenvalue weighted by Crippen LogP contribution is -2.36. The van der Waals surface area contributed by atoms with Gasteiger partial charge in [-0.25, -0.2) is 4.79 Å². The number of hydrogen-bond acceptors (Lipinski definition) is 5. The normalized spacial score (nSPS) is 13.8.